The highest BCUT2D eigenvalue weighted by atomic mass is 19.2. The average Bonchev–Trinajstić information content (AvgIpc) is 2.96. The van der Waals surface area contributed by atoms with Crippen molar-refractivity contribution in [1.29, 1.82) is 0 Å². The van der Waals surface area contributed by atoms with E-state index in [2.05, 4.69) is 30.8 Å². The monoisotopic (exact) mass is 394 g/mol. The first-order valence-corrected chi connectivity index (χ1v) is 9.19. The van der Waals surface area contributed by atoms with Crippen LogP contribution < -0.4 is 5.73 Å². The number of nitrogens with two attached hydrogens (primary N) is 1. The Balaban J connectivity index is 0.000000345. The molecular weight excluding hydrogens is 366 g/mol. The Bertz CT molecular complexity index is 843. The molecule has 6 nitrogen and oxygen atoms in total. The second kappa shape index (κ2) is 8.79. The molecule has 1 aromatic carbocycles. The van der Waals surface area contributed by atoms with E-state index in [1.807, 2.05) is 7.05 Å². The van der Waals surface area contributed by atoms with Gasteiger partial charge in [0.25, 0.3) is 0 Å². The molecule has 1 aliphatic rings. The van der Waals surface area contributed by atoms with E-state index in [9.17, 15) is 13.6 Å². The minimum atomic E-state index is -0.945. The third-order valence-corrected chi connectivity index (χ3v) is 4.51. The number of carbonyl (C=O) groups excluding carboxylic acids is 1. The summed E-state index contributed by atoms with van der Waals surface area (Å²) >= 11 is 0. The van der Waals surface area contributed by atoms with E-state index >= 15 is 0 Å². The van der Waals surface area contributed by atoms with Crippen molar-refractivity contribution < 1.29 is 18.7 Å². The van der Waals surface area contributed by atoms with Crippen LogP contribution in [-0.2, 0) is 13.0 Å². The van der Waals surface area contributed by atoms with Crippen molar-refractivity contribution in [2.45, 2.75) is 40.2 Å². The number of fused-ring (bicyclic) bond motifs is 1. The summed E-state index contributed by atoms with van der Waals surface area (Å²) in [6.07, 6.45) is 1.53. The van der Waals surface area contributed by atoms with Crippen molar-refractivity contribution in [2.24, 2.45) is 11.1 Å². The maximum atomic E-state index is 13.4. The number of aliphatic hydroxyl groups is 1. The fourth-order valence-electron chi connectivity index (χ4n) is 2.95. The van der Waals surface area contributed by atoms with Gasteiger partial charge < -0.3 is 15.7 Å². The molecule has 0 saturated heterocycles. The summed E-state index contributed by atoms with van der Waals surface area (Å²) in [6, 6.07) is 2.90. The van der Waals surface area contributed by atoms with Crippen molar-refractivity contribution in [3.05, 3.63) is 41.1 Å². The highest BCUT2D eigenvalue weighted by Gasteiger charge is 2.26. The highest BCUT2D eigenvalue weighted by molar-refractivity contribution is 5.77. The number of aliphatic hydroxyl groups excluding tert-OH is 1. The Labute approximate surface area is 163 Å². The molecule has 1 aromatic heterocycles. The zero-order valence-electron chi connectivity index (χ0n) is 16.8. The Kier molecular flexibility index (Phi) is 6.90. The molecule has 0 fully saturated rings. The van der Waals surface area contributed by atoms with Crippen LogP contribution in [0, 0.1) is 17.0 Å². The van der Waals surface area contributed by atoms with Crippen molar-refractivity contribution in [3.8, 4) is 11.3 Å². The third-order valence-electron chi connectivity index (χ3n) is 4.51. The Hall–Kier alpha value is -2.32. The Morgan fingerprint density at radius 1 is 1.29 bits per heavy atom. The molecule has 2 aromatic rings. The maximum absolute atomic E-state index is 13.4. The van der Waals surface area contributed by atoms with E-state index < -0.39 is 17.7 Å². The zero-order chi connectivity index (χ0) is 21.1. The van der Waals surface area contributed by atoms with E-state index in [4.69, 9.17) is 10.8 Å². The molecule has 28 heavy (non-hydrogen) atoms. The van der Waals surface area contributed by atoms with E-state index in [-0.39, 0.29) is 0 Å². The van der Waals surface area contributed by atoms with Crippen LogP contribution in [0.4, 0.5) is 13.6 Å². The van der Waals surface area contributed by atoms with Crippen LogP contribution in [0.2, 0.25) is 0 Å². The van der Waals surface area contributed by atoms with Crippen LogP contribution in [0.1, 0.15) is 38.4 Å². The second-order valence-corrected chi connectivity index (χ2v) is 8.17. The number of halogens is 2. The number of hydrogen-bond acceptors (Lipinski definition) is 4. The summed E-state index contributed by atoms with van der Waals surface area (Å²) in [6.45, 7) is 8.01. The molecule has 2 heterocycles. The number of hydrogen-bond donors (Lipinski definition) is 2. The van der Waals surface area contributed by atoms with Crippen LogP contribution in [0.3, 0.4) is 0 Å². The topological polar surface area (TPSA) is 84.4 Å². The van der Waals surface area contributed by atoms with Gasteiger partial charge in [-0.2, -0.15) is 9.78 Å². The molecule has 0 saturated carbocycles. The molecule has 8 heteroatoms. The summed E-state index contributed by atoms with van der Waals surface area (Å²) in [5.41, 5.74) is 8.09. The lowest BCUT2D eigenvalue weighted by Crippen LogP contribution is -2.30. The second-order valence-electron chi connectivity index (χ2n) is 8.17. The SMILES string of the molecule is CC(C)(C)CCO.CN1CCc2c(c(-c3ccc(F)c(F)c3)nn2C(N)=O)C1. The maximum Gasteiger partial charge on any atom is 0.339 e. The minimum Gasteiger partial charge on any atom is -0.396 e. The summed E-state index contributed by atoms with van der Waals surface area (Å²) in [5.74, 6) is -1.86. The van der Waals surface area contributed by atoms with Crippen LogP contribution in [0.25, 0.3) is 11.3 Å². The van der Waals surface area contributed by atoms with Crippen LogP contribution in [0.5, 0.6) is 0 Å². The number of aromatic nitrogens is 2. The van der Waals surface area contributed by atoms with Crippen molar-refractivity contribution >= 4 is 6.03 Å². The van der Waals surface area contributed by atoms with Crippen LogP contribution in [-0.4, -0.2) is 46.0 Å². The van der Waals surface area contributed by atoms with Gasteiger partial charge in [0.05, 0.1) is 11.4 Å². The third kappa shape index (κ3) is 5.36. The summed E-state index contributed by atoms with van der Waals surface area (Å²) in [7, 11) is 1.94. The van der Waals surface area contributed by atoms with Crippen molar-refractivity contribution in [2.75, 3.05) is 20.2 Å². The standard InChI is InChI=1S/C14H14F2N4O.C6H14O/c1-19-5-4-12-9(7-19)13(18-20(12)14(17)21)8-2-3-10(15)11(16)6-8;1-6(2,3)4-5-7/h2-3,6H,4-5,7H2,1H3,(H2,17,21);7H,4-5H2,1-3H3. The average molecular weight is 394 g/mol. The lowest BCUT2D eigenvalue weighted by Gasteiger charge is -2.23. The normalized spacial score (nSPS) is 14.2. The molecule has 3 N–H and O–H groups in total. The van der Waals surface area contributed by atoms with Gasteiger partial charge in [-0.3, -0.25) is 0 Å². The molecule has 0 bridgehead atoms. The number of primary amides is 1. The van der Waals surface area contributed by atoms with E-state index in [0.717, 1.165) is 41.0 Å². The number of amides is 1. The summed E-state index contributed by atoms with van der Waals surface area (Å²) in [5, 5.41) is 12.6. The molecular formula is C20H28F2N4O2. The number of likely N-dealkylation sites (N-methyl/N-ethyl adjacent to an activating group) is 1. The van der Waals surface area contributed by atoms with Crippen LogP contribution >= 0.6 is 0 Å². The van der Waals surface area contributed by atoms with Crippen LogP contribution in [0.15, 0.2) is 18.2 Å². The molecule has 0 aliphatic carbocycles. The zero-order valence-corrected chi connectivity index (χ0v) is 16.8. The molecule has 0 radical (unpaired) electrons. The molecule has 1 aliphatic heterocycles. The van der Waals surface area contributed by atoms with Gasteiger partial charge >= 0.3 is 6.03 Å². The van der Waals surface area contributed by atoms with Gasteiger partial charge in [0, 0.05) is 37.2 Å². The predicted molar refractivity (Wildman–Crippen MR) is 104 cm³/mol. The summed E-state index contributed by atoms with van der Waals surface area (Å²) in [4.78, 5) is 13.6. The molecule has 0 unspecified atom stereocenters. The number of rotatable bonds is 2. The van der Waals surface area contributed by atoms with Gasteiger partial charge in [-0.25, -0.2) is 13.6 Å². The summed E-state index contributed by atoms with van der Waals surface area (Å²) < 4.78 is 27.6. The Morgan fingerprint density at radius 3 is 2.46 bits per heavy atom. The van der Waals surface area contributed by atoms with Gasteiger partial charge in [0.15, 0.2) is 11.6 Å². The lowest BCUT2D eigenvalue weighted by molar-refractivity contribution is 0.225. The van der Waals surface area contributed by atoms with E-state index in [1.165, 1.54) is 6.07 Å². The quantitative estimate of drug-likeness (QED) is 0.820. The number of nitrogens with zero attached hydrogens (tertiary/aromatic N) is 3. The van der Waals surface area contributed by atoms with Gasteiger partial charge in [-0.15, -0.1) is 0 Å². The molecule has 3 rings (SSSR count). The van der Waals surface area contributed by atoms with Gasteiger partial charge in [0.2, 0.25) is 0 Å². The van der Waals surface area contributed by atoms with E-state index in [1.54, 1.807) is 0 Å². The smallest absolute Gasteiger partial charge is 0.339 e. The van der Waals surface area contributed by atoms with Gasteiger partial charge in [-0.1, -0.05) is 20.8 Å². The van der Waals surface area contributed by atoms with Crippen molar-refractivity contribution in [3.63, 3.8) is 0 Å². The predicted octanol–water partition coefficient (Wildman–Crippen LogP) is 3.16. The molecule has 1 amide bonds. The largest absolute Gasteiger partial charge is 0.396 e. The first-order chi connectivity index (χ1) is 13.0. The molecule has 0 atom stereocenters. The fraction of sp³-hybridized carbons (Fsp3) is 0.500. The van der Waals surface area contributed by atoms with Gasteiger partial charge in [0.1, 0.15) is 0 Å². The number of carbonyl (C=O) groups is 1. The first-order valence-electron chi connectivity index (χ1n) is 9.19. The van der Waals surface area contributed by atoms with Gasteiger partial charge in [-0.05, 0) is 37.1 Å². The minimum absolute atomic E-state index is 0.300. The molecule has 0 spiro atoms. The fourth-order valence-corrected chi connectivity index (χ4v) is 2.95. The Morgan fingerprint density at radius 2 is 1.96 bits per heavy atom. The first kappa shape index (κ1) is 22.0. The lowest BCUT2D eigenvalue weighted by atomic mass is 9.93. The van der Waals surface area contributed by atoms with Crippen molar-refractivity contribution in [1.82, 2.24) is 14.7 Å². The molecule has 154 valence electrons. The highest BCUT2D eigenvalue weighted by Crippen LogP contribution is 2.30. The van der Waals surface area contributed by atoms with E-state index in [0.29, 0.717) is 36.2 Å². The number of benzene rings is 1.